The van der Waals surface area contributed by atoms with Crippen molar-refractivity contribution < 1.29 is 9.53 Å². The van der Waals surface area contributed by atoms with Gasteiger partial charge in [-0.1, -0.05) is 6.07 Å². The zero-order chi connectivity index (χ0) is 14.3. The fourth-order valence-corrected chi connectivity index (χ4v) is 3.86. The topological polar surface area (TPSA) is 64.3 Å². The molecule has 4 atom stereocenters. The molecule has 0 heterocycles. The van der Waals surface area contributed by atoms with E-state index in [2.05, 4.69) is 5.32 Å². The van der Waals surface area contributed by atoms with E-state index in [0.29, 0.717) is 17.6 Å². The smallest absolute Gasteiger partial charge is 0.229 e. The van der Waals surface area contributed by atoms with Crippen LogP contribution in [0.15, 0.2) is 18.2 Å². The second kappa shape index (κ2) is 5.09. The molecule has 0 aromatic heterocycles. The summed E-state index contributed by atoms with van der Waals surface area (Å²) < 4.78 is 5.31. The Morgan fingerprint density at radius 1 is 1.35 bits per heavy atom. The van der Waals surface area contributed by atoms with Crippen LogP contribution in [0.3, 0.4) is 0 Å². The lowest BCUT2D eigenvalue weighted by molar-refractivity contribution is -0.121. The van der Waals surface area contributed by atoms with Crippen molar-refractivity contribution in [2.45, 2.75) is 32.2 Å². The first-order chi connectivity index (χ1) is 9.60. The number of amides is 1. The molecule has 1 amide bonds. The number of ether oxygens (including phenoxy) is 1. The molecule has 0 radical (unpaired) electrons. The van der Waals surface area contributed by atoms with E-state index in [-0.39, 0.29) is 17.9 Å². The third kappa shape index (κ3) is 2.18. The molecule has 4 unspecified atom stereocenters. The zero-order valence-electron chi connectivity index (χ0n) is 12.1. The summed E-state index contributed by atoms with van der Waals surface area (Å²) in [5, 5.41) is 3.02. The van der Waals surface area contributed by atoms with Crippen molar-refractivity contribution in [3.05, 3.63) is 23.8 Å². The van der Waals surface area contributed by atoms with Crippen LogP contribution in [0.2, 0.25) is 0 Å². The molecule has 2 fully saturated rings. The van der Waals surface area contributed by atoms with Gasteiger partial charge in [-0.05, 0) is 55.7 Å². The van der Waals surface area contributed by atoms with Gasteiger partial charge in [-0.2, -0.15) is 0 Å². The Labute approximate surface area is 119 Å². The van der Waals surface area contributed by atoms with Gasteiger partial charge >= 0.3 is 0 Å². The predicted octanol–water partition coefficient (Wildman–Crippen LogP) is 2.32. The second-order valence-electron chi connectivity index (χ2n) is 6.13. The number of hydrogen-bond acceptors (Lipinski definition) is 3. The normalized spacial score (nSPS) is 31.4. The summed E-state index contributed by atoms with van der Waals surface area (Å²) in [6.07, 6.45) is 3.44. The number of benzene rings is 1. The number of carbonyl (C=O) groups excluding carboxylic acids is 1. The zero-order valence-corrected chi connectivity index (χ0v) is 12.1. The van der Waals surface area contributed by atoms with Crippen LogP contribution in [-0.2, 0) is 4.79 Å². The molecular formula is C16H22N2O2. The van der Waals surface area contributed by atoms with E-state index in [0.717, 1.165) is 24.1 Å². The summed E-state index contributed by atoms with van der Waals surface area (Å²) in [7, 11) is 1.61. The van der Waals surface area contributed by atoms with E-state index >= 15 is 0 Å². The monoisotopic (exact) mass is 274 g/mol. The van der Waals surface area contributed by atoms with Crippen LogP contribution in [0.5, 0.6) is 5.75 Å². The minimum absolute atomic E-state index is 0.0181. The van der Waals surface area contributed by atoms with E-state index in [1.807, 2.05) is 25.1 Å². The van der Waals surface area contributed by atoms with Crippen LogP contribution in [0.4, 0.5) is 5.69 Å². The minimum Gasteiger partial charge on any atom is -0.495 e. The molecule has 2 aliphatic carbocycles. The molecule has 1 aromatic carbocycles. The molecule has 4 nitrogen and oxygen atoms in total. The average molecular weight is 274 g/mol. The van der Waals surface area contributed by atoms with E-state index in [1.54, 1.807) is 7.11 Å². The van der Waals surface area contributed by atoms with Crippen molar-refractivity contribution in [3.8, 4) is 5.75 Å². The molecule has 2 bridgehead atoms. The highest BCUT2D eigenvalue weighted by atomic mass is 16.5. The van der Waals surface area contributed by atoms with Gasteiger partial charge in [0.15, 0.2) is 0 Å². The van der Waals surface area contributed by atoms with Crippen molar-refractivity contribution >= 4 is 11.6 Å². The molecule has 0 aliphatic heterocycles. The Balaban J connectivity index is 1.78. The standard InChI is InChI=1S/C16H22N2O2/c1-9-3-6-13(20-2)12(7-9)18-16(19)14-10-4-5-11(8-10)15(14)17/h3,6-7,10-11,14-15H,4-5,8,17H2,1-2H3,(H,18,19). The van der Waals surface area contributed by atoms with Gasteiger partial charge in [0.25, 0.3) is 0 Å². The van der Waals surface area contributed by atoms with Gasteiger partial charge in [-0.15, -0.1) is 0 Å². The first-order valence-electron chi connectivity index (χ1n) is 7.31. The maximum absolute atomic E-state index is 12.5. The Morgan fingerprint density at radius 3 is 2.75 bits per heavy atom. The van der Waals surface area contributed by atoms with Crippen molar-refractivity contribution in [2.75, 3.05) is 12.4 Å². The van der Waals surface area contributed by atoms with Crippen LogP contribution >= 0.6 is 0 Å². The Hall–Kier alpha value is -1.55. The molecule has 3 rings (SSSR count). The van der Waals surface area contributed by atoms with E-state index in [1.165, 1.54) is 6.42 Å². The maximum atomic E-state index is 12.5. The van der Waals surface area contributed by atoms with Crippen molar-refractivity contribution in [1.29, 1.82) is 0 Å². The van der Waals surface area contributed by atoms with Crippen molar-refractivity contribution in [1.82, 2.24) is 0 Å². The predicted molar refractivity (Wildman–Crippen MR) is 78.7 cm³/mol. The number of rotatable bonds is 3. The van der Waals surface area contributed by atoms with E-state index in [4.69, 9.17) is 10.5 Å². The third-order valence-electron chi connectivity index (χ3n) is 4.90. The number of hydrogen-bond donors (Lipinski definition) is 2. The molecular weight excluding hydrogens is 252 g/mol. The second-order valence-corrected chi connectivity index (χ2v) is 6.13. The van der Waals surface area contributed by atoms with Gasteiger partial charge < -0.3 is 15.8 Å². The van der Waals surface area contributed by atoms with E-state index < -0.39 is 0 Å². The number of nitrogens with two attached hydrogens (primary N) is 1. The summed E-state index contributed by atoms with van der Waals surface area (Å²) in [5.41, 5.74) is 8.07. The van der Waals surface area contributed by atoms with Crippen LogP contribution < -0.4 is 15.8 Å². The number of nitrogens with one attached hydrogen (secondary N) is 1. The number of aryl methyl sites for hydroxylation is 1. The number of fused-ring (bicyclic) bond motifs is 2. The first kappa shape index (κ1) is 13.4. The van der Waals surface area contributed by atoms with Gasteiger partial charge in [-0.3, -0.25) is 4.79 Å². The lowest BCUT2D eigenvalue weighted by atomic mass is 9.84. The van der Waals surface area contributed by atoms with Gasteiger partial charge in [-0.25, -0.2) is 0 Å². The number of anilines is 1. The van der Waals surface area contributed by atoms with Crippen molar-refractivity contribution in [2.24, 2.45) is 23.5 Å². The maximum Gasteiger partial charge on any atom is 0.229 e. The highest BCUT2D eigenvalue weighted by Crippen LogP contribution is 2.48. The summed E-state index contributed by atoms with van der Waals surface area (Å²) in [4.78, 5) is 12.5. The van der Waals surface area contributed by atoms with Crippen LogP contribution in [-0.4, -0.2) is 19.1 Å². The third-order valence-corrected chi connectivity index (χ3v) is 4.90. The lowest BCUT2D eigenvalue weighted by Crippen LogP contribution is -2.42. The first-order valence-corrected chi connectivity index (χ1v) is 7.31. The Morgan fingerprint density at radius 2 is 2.10 bits per heavy atom. The molecule has 3 N–H and O–H groups in total. The Kier molecular flexibility index (Phi) is 3.42. The van der Waals surface area contributed by atoms with Gasteiger partial charge in [0.1, 0.15) is 5.75 Å². The molecule has 2 aliphatic rings. The highest BCUT2D eigenvalue weighted by Gasteiger charge is 2.49. The summed E-state index contributed by atoms with van der Waals surface area (Å²) in [6.45, 7) is 2.00. The fourth-order valence-electron chi connectivity index (χ4n) is 3.86. The Bertz CT molecular complexity index is 527. The van der Waals surface area contributed by atoms with E-state index in [9.17, 15) is 4.79 Å². The average Bonchev–Trinajstić information content (AvgIpc) is 2.99. The van der Waals surface area contributed by atoms with Crippen LogP contribution in [0.25, 0.3) is 0 Å². The number of carbonyl (C=O) groups is 1. The van der Waals surface area contributed by atoms with Crippen molar-refractivity contribution in [3.63, 3.8) is 0 Å². The molecule has 108 valence electrons. The highest BCUT2D eigenvalue weighted by molar-refractivity contribution is 5.95. The summed E-state index contributed by atoms with van der Waals surface area (Å²) >= 11 is 0. The van der Waals surface area contributed by atoms with Crippen LogP contribution in [0, 0.1) is 24.7 Å². The SMILES string of the molecule is COc1ccc(C)cc1NC(=O)C1C2CCC(C2)C1N. The molecule has 4 heteroatoms. The summed E-state index contributed by atoms with van der Waals surface area (Å²) in [5.74, 6) is 1.70. The molecule has 1 aromatic rings. The van der Waals surface area contributed by atoms with Gasteiger partial charge in [0.05, 0.1) is 18.7 Å². The summed E-state index contributed by atoms with van der Waals surface area (Å²) in [6, 6.07) is 5.81. The molecule has 0 spiro atoms. The molecule has 20 heavy (non-hydrogen) atoms. The largest absolute Gasteiger partial charge is 0.495 e. The quantitative estimate of drug-likeness (QED) is 0.889. The number of methoxy groups -OCH3 is 1. The van der Waals surface area contributed by atoms with Crippen LogP contribution in [0.1, 0.15) is 24.8 Å². The lowest BCUT2D eigenvalue weighted by Gasteiger charge is -2.27. The molecule has 0 saturated heterocycles. The van der Waals surface area contributed by atoms with Gasteiger partial charge in [0.2, 0.25) is 5.91 Å². The minimum atomic E-state index is -0.0426. The van der Waals surface area contributed by atoms with Gasteiger partial charge in [0, 0.05) is 6.04 Å². The fraction of sp³-hybridized carbons (Fsp3) is 0.562. The molecule has 2 saturated carbocycles.